The van der Waals surface area contributed by atoms with Crippen LogP contribution >= 0.6 is 11.6 Å². The third-order valence-corrected chi connectivity index (χ3v) is 5.26. The number of nitrogens with one attached hydrogen (secondary N) is 1. The zero-order chi connectivity index (χ0) is 16.8. The van der Waals surface area contributed by atoms with Crippen molar-refractivity contribution in [3.05, 3.63) is 34.9 Å². The number of hydrogen-bond acceptors (Lipinski definition) is 3. The highest BCUT2D eigenvalue weighted by atomic mass is 35.5. The van der Waals surface area contributed by atoms with Crippen molar-refractivity contribution in [1.82, 2.24) is 15.1 Å². The predicted octanol–water partition coefficient (Wildman–Crippen LogP) is 2.91. The van der Waals surface area contributed by atoms with E-state index in [-0.39, 0.29) is 11.9 Å². The normalized spacial score (nSPS) is 23.1. The molecule has 0 aliphatic carbocycles. The van der Waals surface area contributed by atoms with E-state index in [2.05, 4.69) is 27.2 Å². The Bertz CT molecular complexity index is 528. The standard InChI is InChI=1S/C19H28ClN3O/c20-17-8-6-16(7-9-17)13-23-12-4-5-18(14-23)21-19(24)15-22-10-2-1-3-11-22/h6-9,18H,1-5,10-15H2,(H,21,24)/t18-/m0/s1. The smallest absolute Gasteiger partial charge is 0.234 e. The lowest BCUT2D eigenvalue weighted by Crippen LogP contribution is -2.50. The molecule has 0 aromatic heterocycles. The second kappa shape index (κ2) is 8.84. The molecule has 0 bridgehead atoms. The van der Waals surface area contributed by atoms with Crippen LogP contribution in [0, 0.1) is 0 Å². The average molecular weight is 350 g/mol. The zero-order valence-corrected chi connectivity index (χ0v) is 15.1. The molecule has 2 aliphatic heterocycles. The minimum Gasteiger partial charge on any atom is -0.351 e. The Kier molecular flexibility index (Phi) is 6.52. The number of halogens is 1. The summed E-state index contributed by atoms with van der Waals surface area (Å²) in [7, 11) is 0. The van der Waals surface area contributed by atoms with E-state index in [0.29, 0.717) is 6.54 Å². The van der Waals surface area contributed by atoms with Crippen molar-refractivity contribution in [3.63, 3.8) is 0 Å². The van der Waals surface area contributed by atoms with E-state index in [1.54, 1.807) is 0 Å². The Labute approximate surface area is 150 Å². The molecular formula is C19H28ClN3O. The first-order valence-electron chi connectivity index (χ1n) is 9.17. The summed E-state index contributed by atoms with van der Waals surface area (Å²) in [6.07, 6.45) is 5.99. The van der Waals surface area contributed by atoms with E-state index in [1.165, 1.54) is 24.8 Å². The van der Waals surface area contributed by atoms with Gasteiger partial charge in [-0.05, 0) is 63.0 Å². The Morgan fingerprint density at radius 3 is 2.50 bits per heavy atom. The summed E-state index contributed by atoms with van der Waals surface area (Å²) in [5.74, 6) is 0.190. The van der Waals surface area contributed by atoms with Crippen LogP contribution in [0.1, 0.15) is 37.7 Å². The van der Waals surface area contributed by atoms with Crippen LogP contribution < -0.4 is 5.32 Å². The van der Waals surface area contributed by atoms with Gasteiger partial charge in [0.2, 0.25) is 5.91 Å². The Balaban J connectivity index is 1.44. The van der Waals surface area contributed by atoms with Crippen LogP contribution in [0.2, 0.25) is 5.02 Å². The number of carbonyl (C=O) groups is 1. The zero-order valence-electron chi connectivity index (χ0n) is 14.3. The minimum absolute atomic E-state index is 0.190. The van der Waals surface area contributed by atoms with Crippen LogP contribution in [0.25, 0.3) is 0 Å². The van der Waals surface area contributed by atoms with Gasteiger partial charge in [-0.3, -0.25) is 14.6 Å². The Morgan fingerprint density at radius 2 is 1.75 bits per heavy atom. The van der Waals surface area contributed by atoms with Crippen LogP contribution in [-0.2, 0) is 11.3 Å². The fraction of sp³-hybridized carbons (Fsp3) is 0.632. The lowest BCUT2D eigenvalue weighted by Gasteiger charge is -2.34. The molecule has 2 saturated heterocycles. The van der Waals surface area contributed by atoms with Crippen molar-refractivity contribution < 1.29 is 4.79 Å². The van der Waals surface area contributed by atoms with Gasteiger partial charge in [0.25, 0.3) is 0 Å². The monoisotopic (exact) mass is 349 g/mol. The third-order valence-electron chi connectivity index (χ3n) is 5.01. The molecule has 1 atom stereocenters. The molecule has 0 unspecified atom stereocenters. The van der Waals surface area contributed by atoms with E-state index >= 15 is 0 Å². The molecule has 1 amide bonds. The van der Waals surface area contributed by atoms with Gasteiger partial charge in [0.05, 0.1) is 6.54 Å². The molecular weight excluding hydrogens is 322 g/mol. The summed E-state index contributed by atoms with van der Waals surface area (Å²) < 4.78 is 0. The van der Waals surface area contributed by atoms with Crippen molar-refractivity contribution in [1.29, 1.82) is 0 Å². The summed E-state index contributed by atoms with van der Waals surface area (Å²) in [5.41, 5.74) is 1.28. The highest BCUT2D eigenvalue weighted by Gasteiger charge is 2.22. The maximum atomic E-state index is 12.3. The number of benzene rings is 1. The van der Waals surface area contributed by atoms with Crippen LogP contribution in [0.4, 0.5) is 0 Å². The van der Waals surface area contributed by atoms with E-state index in [4.69, 9.17) is 11.6 Å². The summed E-state index contributed by atoms with van der Waals surface area (Å²) in [6.45, 7) is 5.67. The highest BCUT2D eigenvalue weighted by Crippen LogP contribution is 2.16. The molecule has 1 N–H and O–H groups in total. The SMILES string of the molecule is O=C(CN1CCCCC1)N[C@H]1CCCN(Cc2ccc(Cl)cc2)C1. The number of amides is 1. The largest absolute Gasteiger partial charge is 0.351 e. The van der Waals surface area contributed by atoms with Gasteiger partial charge in [-0.15, -0.1) is 0 Å². The maximum Gasteiger partial charge on any atom is 0.234 e. The van der Waals surface area contributed by atoms with Crippen molar-refractivity contribution in [2.45, 2.75) is 44.7 Å². The molecule has 0 spiro atoms. The molecule has 5 heteroatoms. The number of nitrogens with zero attached hydrogens (tertiary/aromatic N) is 2. The molecule has 2 aliphatic rings. The molecule has 0 saturated carbocycles. The molecule has 3 rings (SSSR count). The molecule has 2 heterocycles. The van der Waals surface area contributed by atoms with Gasteiger partial charge in [-0.1, -0.05) is 30.2 Å². The second-order valence-electron chi connectivity index (χ2n) is 7.11. The van der Waals surface area contributed by atoms with Gasteiger partial charge in [0, 0.05) is 24.2 Å². The summed E-state index contributed by atoms with van der Waals surface area (Å²) in [5, 5.41) is 4.03. The minimum atomic E-state index is 0.190. The van der Waals surface area contributed by atoms with Gasteiger partial charge >= 0.3 is 0 Å². The van der Waals surface area contributed by atoms with Crippen molar-refractivity contribution in [3.8, 4) is 0 Å². The number of piperidine rings is 2. The van der Waals surface area contributed by atoms with Gasteiger partial charge in [-0.2, -0.15) is 0 Å². The maximum absolute atomic E-state index is 12.3. The van der Waals surface area contributed by atoms with Gasteiger partial charge in [0.15, 0.2) is 0 Å². The van der Waals surface area contributed by atoms with E-state index in [0.717, 1.165) is 50.6 Å². The van der Waals surface area contributed by atoms with Gasteiger partial charge in [0.1, 0.15) is 0 Å². The van der Waals surface area contributed by atoms with Gasteiger partial charge < -0.3 is 5.32 Å². The number of rotatable bonds is 5. The average Bonchev–Trinajstić information content (AvgIpc) is 2.58. The highest BCUT2D eigenvalue weighted by molar-refractivity contribution is 6.30. The lowest BCUT2D eigenvalue weighted by atomic mass is 10.0. The van der Waals surface area contributed by atoms with Crippen molar-refractivity contribution in [2.75, 3.05) is 32.7 Å². The number of carbonyl (C=O) groups excluding carboxylic acids is 1. The van der Waals surface area contributed by atoms with Crippen LogP contribution in [0.3, 0.4) is 0 Å². The molecule has 0 radical (unpaired) electrons. The molecule has 1 aromatic carbocycles. The second-order valence-corrected chi connectivity index (χ2v) is 7.54. The Hall–Kier alpha value is -1.10. The third kappa shape index (κ3) is 5.47. The molecule has 2 fully saturated rings. The molecule has 1 aromatic rings. The van der Waals surface area contributed by atoms with E-state index in [9.17, 15) is 4.79 Å². The first kappa shape index (κ1) is 17.7. The van der Waals surface area contributed by atoms with Crippen LogP contribution in [-0.4, -0.2) is 54.5 Å². The summed E-state index contributed by atoms with van der Waals surface area (Å²) in [4.78, 5) is 17.0. The summed E-state index contributed by atoms with van der Waals surface area (Å²) in [6, 6.07) is 8.34. The Morgan fingerprint density at radius 1 is 1.04 bits per heavy atom. The quantitative estimate of drug-likeness (QED) is 0.887. The van der Waals surface area contributed by atoms with Gasteiger partial charge in [-0.25, -0.2) is 0 Å². The number of hydrogen-bond donors (Lipinski definition) is 1. The van der Waals surface area contributed by atoms with Crippen LogP contribution in [0.15, 0.2) is 24.3 Å². The lowest BCUT2D eigenvalue weighted by molar-refractivity contribution is -0.123. The molecule has 24 heavy (non-hydrogen) atoms. The fourth-order valence-electron chi connectivity index (χ4n) is 3.76. The van der Waals surface area contributed by atoms with E-state index < -0.39 is 0 Å². The van der Waals surface area contributed by atoms with E-state index in [1.807, 2.05) is 12.1 Å². The van der Waals surface area contributed by atoms with Crippen LogP contribution in [0.5, 0.6) is 0 Å². The summed E-state index contributed by atoms with van der Waals surface area (Å²) >= 11 is 5.95. The molecule has 132 valence electrons. The topological polar surface area (TPSA) is 35.6 Å². The predicted molar refractivity (Wildman–Crippen MR) is 98.2 cm³/mol. The number of likely N-dealkylation sites (tertiary alicyclic amines) is 2. The fourth-order valence-corrected chi connectivity index (χ4v) is 3.88. The molecule has 4 nitrogen and oxygen atoms in total. The first-order valence-corrected chi connectivity index (χ1v) is 9.55. The van der Waals surface area contributed by atoms with Crippen molar-refractivity contribution >= 4 is 17.5 Å². The first-order chi connectivity index (χ1) is 11.7. The van der Waals surface area contributed by atoms with Crippen molar-refractivity contribution in [2.24, 2.45) is 0 Å².